The highest BCUT2D eigenvalue weighted by Crippen LogP contribution is 2.39. The first-order valence-electron chi connectivity index (χ1n) is 9.27. The molecule has 0 radical (unpaired) electrons. The van der Waals surface area contributed by atoms with Crippen LogP contribution in [0.1, 0.15) is 43.6 Å². The highest BCUT2D eigenvalue weighted by molar-refractivity contribution is 6.01. The van der Waals surface area contributed by atoms with Crippen LogP contribution in [-0.4, -0.2) is 31.4 Å². The lowest BCUT2D eigenvalue weighted by Crippen LogP contribution is -2.20. The van der Waals surface area contributed by atoms with E-state index >= 15 is 0 Å². The van der Waals surface area contributed by atoms with E-state index in [-0.39, 0.29) is 16.8 Å². The van der Waals surface area contributed by atoms with Crippen molar-refractivity contribution in [1.29, 1.82) is 0 Å². The minimum absolute atomic E-state index is 0.0398. The molecule has 2 aromatic rings. The number of amides is 1. The SMILES string of the molecule is CCOc1cc(C(=O)N/N=C(/C)c2cc(F)ccc2F)cc(OCC)c1OCC. The van der Waals surface area contributed by atoms with Crippen LogP contribution in [0.15, 0.2) is 35.4 Å². The summed E-state index contributed by atoms with van der Waals surface area (Å²) in [6.45, 7) is 8.05. The summed E-state index contributed by atoms with van der Waals surface area (Å²) in [5, 5.41) is 3.88. The Bertz CT molecular complexity index is 873. The minimum atomic E-state index is -0.639. The number of hydrogen-bond donors (Lipinski definition) is 1. The van der Waals surface area contributed by atoms with Gasteiger partial charge in [0.1, 0.15) is 11.6 Å². The van der Waals surface area contributed by atoms with Crippen molar-refractivity contribution in [1.82, 2.24) is 5.43 Å². The number of carbonyl (C=O) groups excluding carboxylic acids is 1. The van der Waals surface area contributed by atoms with Crippen LogP contribution in [0.4, 0.5) is 8.78 Å². The van der Waals surface area contributed by atoms with Crippen molar-refractivity contribution in [3.05, 3.63) is 53.1 Å². The average Bonchev–Trinajstić information content (AvgIpc) is 2.70. The summed E-state index contributed by atoms with van der Waals surface area (Å²) in [5.41, 5.74) is 2.64. The van der Waals surface area contributed by atoms with Crippen molar-refractivity contribution >= 4 is 11.6 Å². The van der Waals surface area contributed by atoms with Crippen LogP contribution in [0.25, 0.3) is 0 Å². The summed E-state index contributed by atoms with van der Waals surface area (Å²) < 4.78 is 44.0. The van der Waals surface area contributed by atoms with E-state index in [9.17, 15) is 13.6 Å². The normalized spacial score (nSPS) is 11.2. The van der Waals surface area contributed by atoms with Crippen molar-refractivity contribution in [3.8, 4) is 17.2 Å². The van der Waals surface area contributed by atoms with Gasteiger partial charge in [-0.1, -0.05) is 0 Å². The predicted octanol–water partition coefficient (Wildman–Crippen LogP) is 4.31. The van der Waals surface area contributed by atoms with E-state index in [0.29, 0.717) is 37.1 Å². The van der Waals surface area contributed by atoms with Crippen molar-refractivity contribution in [2.45, 2.75) is 27.7 Å². The smallest absolute Gasteiger partial charge is 0.271 e. The molecule has 0 spiro atoms. The molecule has 29 heavy (non-hydrogen) atoms. The highest BCUT2D eigenvalue weighted by Gasteiger charge is 2.18. The summed E-state index contributed by atoms with van der Waals surface area (Å²) in [5.74, 6) is -0.665. The van der Waals surface area contributed by atoms with Gasteiger partial charge in [0.05, 0.1) is 25.5 Å². The molecule has 2 rings (SSSR count). The number of hydrogen-bond acceptors (Lipinski definition) is 5. The van der Waals surface area contributed by atoms with E-state index in [1.54, 1.807) is 0 Å². The molecule has 1 amide bonds. The van der Waals surface area contributed by atoms with Gasteiger partial charge in [-0.05, 0) is 58.0 Å². The van der Waals surface area contributed by atoms with Crippen LogP contribution in [0, 0.1) is 11.6 Å². The van der Waals surface area contributed by atoms with Crippen LogP contribution >= 0.6 is 0 Å². The molecular weight excluding hydrogens is 382 g/mol. The molecule has 0 saturated heterocycles. The van der Waals surface area contributed by atoms with Gasteiger partial charge in [0.15, 0.2) is 11.5 Å². The topological polar surface area (TPSA) is 69.2 Å². The number of halogens is 2. The lowest BCUT2D eigenvalue weighted by atomic mass is 10.1. The Morgan fingerprint density at radius 3 is 2.10 bits per heavy atom. The molecular formula is C21H24F2N2O4. The number of nitrogens with zero attached hydrogens (tertiary/aromatic N) is 1. The summed E-state index contributed by atoms with van der Waals surface area (Å²) in [4.78, 5) is 12.6. The van der Waals surface area contributed by atoms with E-state index in [2.05, 4.69) is 10.5 Å². The second-order valence-corrected chi connectivity index (χ2v) is 5.86. The van der Waals surface area contributed by atoms with Crippen molar-refractivity contribution in [2.75, 3.05) is 19.8 Å². The zero-order valence-corrected chi connectivity index (χ0v) is 16.8. The Hall–Kier alpha value is -3.16. The van der Waals surface area contributed by atoms with Gasteiger partial charge in [-0.15, -0.1) is 0 Å². The zero-order chi connectivity index (χ0) is 21.4. The van der Waals surface area contributed by atoms with Crippen LogP contribution in [0.2, 0.25) is 0 Å². The van der Waals surface area contributed by atoms with Crippen LogP contribution in [0.3, 0.4) is 0 Å². The first-order chi connectivity index (χ1) is 13.9. The lowest BCUT2D eigenvalue weighted by Gasteiger charge is -2.16. The van der Waals surface area contributed by atoms with Crippen molar-refractivity contribution in [2.24, 2.45) is 5.10 Å². The van der Waals surface area contributed by atoms with E-state index in [1.807, 2.05) is 20.8 Å². The second kappa shape index (κ2) is 10.4. The fourth-order valence-electron chi connectivity index (χ4n) is 2.55. The highest BCUT2D eigenvalue weighted by atomic mass is 19.1. The van der Waals surface area contributed by atoms with Gasteiger partial charge in [0, 0.05) is 11.1 Å². The van der Waals surface area contributed by atoms with Crippen molar-refractivity contribution < 1.29 is 27.8 Å². The summed E-state index contributed by atoms with van der Waals surface area (Å²) >= 11 is 0. The fraction of sp³-hybridized carbons (Fsp3) is 0.333. The molecule has 8 heteroatoms. The van der Waals surface area contributed by atoms with E-state index < -0.39 is 17.5 Å². The van der Waals surface area contributed by atoms with Gasteiger partial charge in [-0.2, -0.15) is 5.10 Å². The Morgan fingerprint density at radius 2 is 1.55 bits per heavy atom. The maximum Gasteiger partial charge on any atom is 0.271 e. The molecule has 0 unspecified atom stereocenters. The Balaban J connectivity index is 2.32. The van der Waals surface area contributed by atoms with E-state index in [1.165, 1.54) is 19.1 Å². The van der Waals surface area contributed by atoms with E-state index in [4.69, 9.17) is 14.2 Å². The predicted molar refractivity (Wildman–Crippen MR) is 106 cm³/mol. The molecule has 0 aliphatic rings. The average molecular weight is 406 g/mol. The minimum Gasteiger partial charge on any atom is -0.490 e. The molecule has 0 fully saturated rings. The van der Waals surface area contributed by atoms with Crippen LogP contribution in [0.5, 0.6) is 17.2 Å². The molecule has 6 nitrogen and oxygen atoms in total. The van der Waals surface area contributed by atoms with Crippen molar-refractivity contribution in [3.63, 3.8) is 0 Å². The van der Waals surface area contributed by atoms with Crippen LogP contribution in [-0.2, 0) is 0 Å². The fourth-order valence-corrected chi connectivity index (χ4v) is 2.55. The van der Waals surface area contributed by atoms with Gasteiger partial charge in [-0.3, -0.25) is 4.79 Å². The molecule has 0 aliphatic carbocycles. The molecule has 0 bridgehead atoms. The van der Waals surface area contributed by atoms with Gasteiger partial charge in [0.25, 0.3) is 5.91 Å². The number of benzene rings is 2. The van der Waals surface area contributed by atoms with Gasteiger partial charge >= 0.3 is 0 Å². The number of hydrazone groups is 1. The first kappa shape index (κ1) is 22.1. The summed E-state index contributed by atoms with van der Waals surface area (Å²) in [6, 6.07) is 6.05. The van der Waals surface area contributed by atoms with Crippen LogP contribution < -0.4 is 19.6 Å². The number of nitrogens with one attached hydrogen (secondary N) is 1. The second-order valence-electron chi connectivity index (χ2n) is 5.86. The van der Waals surface area contributed by atoms with Gasteiger partial charge in [0.2, 0.25) is 5.75 Å². The molecule has 0 heterocycles. The Labute approximate surface area is 168 Å². The standard InChI is InChI=1S/C21H24F2N2O4/c1-5-27-18-10-14(11-19(28-6-2)20(18)29-7-3)21(26)25-24-13(4)16-12-15(22)8-9-17(16)23/h8-12H,5-7H2,1-4H3,(H,25,26)/b24-13-. The number of rotatable bonds is 9. The van der Waals surface area contributed by atoms with Gasteiger partial charge in [-0.25, -0.2) is 14.2 Å². The molecule has 0 atom stereocenters. The molecule has 0 aliphatic heterocycles. The third-order valence-electron chi connectivity index (χ3n) is 3.81. The first-order valence-corrected chi connectivity index (χ1v) is 9.27. The quantitative estimate of drug-likeness (QED) is 0.498. The summed E-state index contributed by atoms with van der Waals surface area (Å²) in [7, 11) is 0. The maximum atomic E-state index is 13.9. The monoisotopic (exact) mass is 406 g/mol. The molecule has 0 aromatic heterocycles. The largest absolute Gasteiger partial charge is 0.490 e. The zero-order valence-electron chi connectivity index (χ0n) is 16.8. The molecule has 0 saturated carbocycles. The number of ether oxygens (including phenoxy) is 3. The van der Waals surface area contributed by atoms with Gasteiger partial charge < -0.3 is 14.2 Å². The summed E-state index contributed by atoms with van der Waals surface area (Å²) in [6.07, 6.45) is 0. The third kappa shape index (κ3) is 5.66. The molecule has 2 aromatic carbocycles. The maximum absolute atomic E-state index is 13.9. The molecule has 156 valence electrons. The lowest BCUT2D eigenvalue weighted by molar-refractivity contribution is 0.0953. The molecule has 1 N–H and O–H groups in total. The Morgan fingerprint density at radius 1 is 0.966 bits per heavy atom. The Kier molecular flexibility index (Phi) is 7.94. The third-order valence-corrected chi connectivity index (χ3v) is 3.81. The van der Waals surface area contributed by atoms with E-state index in [0.717, 1.165) is 18.2 Å². The number of carbonyl (C=O) groups is 1.